The second-order valence-corrected chi connectivity index (χ2v) is 4.10. The van der Waals surface area contributed by atoms with Gasteiger partial charge in [-0.25, -0.2) is 4.98 Å². The van der Waals surface area contributed by atoms with Crippen molar-refractivity contribution in [3.8, 4) is 0 Å². The van der Waals surface area contributed by atoms with Crippen LogP contribution in [0.5, 0.6) is 0 Å². The van der Waals surface area contributed by atoms with E-state index >= 15 is 0 Å². The molecule has 0 aliphatic heterocycles. The van der Waals surface area contributed by atoms with Crippen molar-refractivity contribution in [2.75, 3.05) is 18.5 Å². The van der Waals surface area contributed by atoms with Crippen LogP contribution in [0.4, 0.5) is 5.82 Å². The molecule has 0 radical (unpaired) electrons. The van der Waals surface area contributed by atoms with Gasteiger partial charge in [0.05, 0.1) is 0 Å². The minimum Gasteiger partial charge on any atom is -0.355 e. The maximum absolute atomic E-state index is 11.4. The second kappa shape index (κ2) is 3.44. The minimum atomic E-state index is -0.108. The highest BCUT2D eigenvalue weighted by molar-refractivity contribution is 5.34. The quantitative estimate of drug-likeness (QED) is 0.774. The van der Waals surface area contributed by atoms with Crippen molar-refractivity contribution in [1.29, 1.82) is 0 Å². The highest BCUT2D eigenvalue weighted by Crippen LogP contribution is 2.38. The molecular weight excluding hydrogens is 178 g/mol. The summed E-state index contributed by atoms with van der Waals surface area (Å²) in [4.78, 5) is 20.0. The number of aromatic nitrogens is 2. The number of nitrogens with one attached hydrogen (secondary N) is 1. The molecule has 1 aromatic rings. The van der Waals surface area contributed by atoms with E-state index in [4.69, 9.17) is 0 Å². The Labute approximate surface area is 83.0 Å². The number of nitrogens with zero attached hydrogens (tertiary/aromatic N) is 2. The number of H-pyrrole nitrogens is 1. The lowest BCUT2D eigenvalue weighted by molar-refractivity contribution is 0.716. The van der Waals surface area contributed by atoms with Gasteiger partial charge in [0.15, 0.2) is 5.82 Å². The third-order valence-electron chi connectivity index (χ3n) is 2.83. The summed E-state index contributed by atoms with van der Waals surface area (Å²) in [6.07, 6.45) is 4.44. The van der Waals surface area contributed by atoms with E-state index in [0.29, 0.717) is 5.82 Å². The van der Waals surface area contributed by atoms with Crippen LogP contribution in [0.3, 0.4) is 0 Å². The highest BCUT2D eigenvalue weighted by Gasteiger charge is 2.33. The first-order valence-electron chi connectivity index (χ1n) is 4.93. The zero-order valence-electron chi connectivity index (χ0n) is 8.53. The molecule has 0 aromatic carbocycles. The van der Waals surface area contributed by atoms with E-state index in [9.17, 15) is 4.79 Å². The second-order valence-electron chi connectivity index (χ2n) is 4.10. The van der Waals surface area contributed by atoms with Crippen molar-refractivity contribution in [2.45, 2.75) is 13.3 Å². The fourth-order valence-electron chi connectivity index (χ4n) is 1.71. The number of aromatic amines is 1. The summed E-state index contributed by atoms with van der Waals surface area (Å²) in [6.45, 7) is 3.17. The van der Waals surface area contributed by atoms with Crippen molar-refractivity contribution in [1.82, 2.24) is 9.97 Å². The molecule has 4 nitrogen and oxygen atoms in total. The Bertz CT molecular complexity index is 374. The first-order chi connectivity index (χ1) is 6.68. The molecule has 14 heavy (non-hydrogen) atoms. The summed E-state index contributed by atoms with van der Waals surface area (Å²) in [5.41, 5.74) is -0.108. The Hall–Kier alpha value is -1.32. The van der Waals surface area contributed by atoms with E-state index in [1.54, 1.807) is 12.4 Å². The van der Waals surface area contributed by atoms with Crippen molar-refractivity contribution < 1.29 is 0 Å². The first-order valence-corrected chi connectivity index (χ1v) is 4.93. The van der Waals surface area contributed by atoms with E-state index in [-0.39, 0.29) is 5.56 Å². The summed E-state index contributed by atoms with van der Waals surface area (Å²) in [7, 11) is 1.92. The molecule has 0 spiro atoms. The Kier molecular flexibility index (Phi) is 2.27. The summed E-state index contributed by atoms with van der Waals surface area (Å²) < 4.78 is 0. The van der Waals surface area contributed by atoms with Crippen LogP contribution >= 0.6 is 0 Å². The first kappa shape index (κ1) is 9.24. The maximum Gasteiger partial charge on any atom is 0.290 e. The van der Waals surface area contributed by atoms with Crippen LogP contribution in [0.25, 0.3) is 0 Å². The Morgan fingerprint density at radius 2 is 2.43 bits per heavy atom. The van der Waals surface area contributed by atoms with Crippen LogP contribution in [0, 0.1) is 11.8 Å². The molecule has 1 aliphatic rings. The van der Waals surface area contributed by atoms with Crippen LogP contribution in [0.2, 0.25) is 0 Å². The van der Waals surface area contributed by atoms with Crippen molar-refractivity contribution >= 4 is 5.82 Å². The monoisotopic (exact) mass is 193 g/mol. The Morgan fingerprint density at radius 1 is 1.71 bits per heavy atom. The predicted octanol–water partition coefficient (Wildman–Crippen LogP) is 0.862. The Balaban J connectivity index is 2.07. The van der Waals surface area contributed by atoms with E-state index in [1.807, 2.05) is 11.9 Å². The molecule has 1 saturated carbocycles. The molecule has 0 amide bonds. The third kappa shape index (κ3) is 1.78. The van der Waals surface area contributed by atoms with Gasteiger partial charge in [-0.05, 0) is 18.3 Å². The minimum absolute atomic E-state index is 0.108. The van der Waals surface area contributed by atoms with Gasteiger partial charge in [-0.1, -0.05) is 6.92 Å². The van der Waals surface area contributed by atoms with E-state index < -0.39 is 0 Å². The predicted molar refractivity (Wildman–Crippen MR) is 55.4 cm³/mol. The molecule has 1 heterocycles. The van der Waals surface area contributed by atoms with Crippen LogP contribution in [0.15, 0.2) is 17.2 Å². The van der Waals surface area contributed by atoms with Gasteiger partial charge < -0.3 is 9.88 Å². The molecule has 4 heteroatoms. The molecule has 2 rings (SSSR count). The Morgan fingerprint density at radius 3 is 3.00 bits per heavy atom. The lowest BCUT2D eigenvalue weighted by Crippen LogP contribution is -2.28. The zero-order valence-corrected chi connectivity index (χ0v) is 8.53. The highest BCUT2D eigenvalue weighted by atomic mass is 16.1. The molecule has 1 aliphatic carbocycles. The van der Waals surface area contributed by atoms with Crippen molar-refractivity contribution in [2.24, 2.45) is 11.8 Å². The van der Waals surface area contributed by atoms with Gasteiger partial charge in [0, 0.05) is 26.0 Å². The zero-order chi connectivity index (χ0) is 10.1. The van der Waals surface area contributed by atoms with Gasteiger partial charge >= 0.3 is 0 Å². The van der Waals surface area contributed by atoms with E-state index in [2.05, 4.69) is 16.9 Å². The molecule has 0 bridgehead atoms. The molecular formula is C10H15N3O. The van der Waals surface area contributed by atoms with Gasteiger partial charge in [-0.3, -0.25) is 4.79 Å². The van der Waals surface area contributed by atoms with Crippen molar-refractivity contribution in [3.05, 3.63) is 22.7 Å². The van der Waals surface area contributed by atoms with Gasteiger partial charge in [-0.15, -0.1) is 0 Å². The van der Waals surface area contributed by atoms with Gasteiger partial charge in [-0.2, -0.15) is 0 Å². The summed E-state index contributed by atoms with van der Waals surface area (Å²) in [6, 6.07) is 0. The largest absolute Gasteiger partial charge is 0.355 e. The molecule has 1 aromatic heterocycles. The topological polar surface area (TPSA) is 49.0 Å². The van der Waals surface area contributed by atoms with Gasteiger partial charge in [0.2, 0.25) is 0 Å². The fraction of sp³-hybridized carbons (Fsp3) is 0.600. The van der Waals surface area contributed by atoms with Gasteiger partial charge in [0.1, 0.15) is 0 Å². The number of anilines is 1. The van der Waals surface area contributed by atoms with Crippen LogP contribution in [-0.4, -0.2) is 23.6 Å². The standard InChI is InChI=1S/C10H15N3O/c1-7-5-8(7)6-13(2)9-10(14)12-4-3-11-9/h3-4,7-8H,5-6H2,1-2H3,(H,12,14). The van der Waals surface area contributed by atoms with Crippen LogP contribution < -0.4 is 10.5 Å². The van der Waals surface area contributed by atoms with Gasteiger partial charge in [0.25, 0.3) is 5.56 Å². The summed E-state index contributed by atoms with van der Waals surface area (Å²) >= 11 is 0. The molecule has 2 atom stereocenters. The van der Waals surface area contributed by atoms with E-state index in [1.165, 1.54) is 6.42 Å². The number of hydrogen-bond donors (Lipinski definition) is 1. The third-order valence-corrected chi connectivity index (χ3v) is 2.83. The van der Waals surface area contributed by atoms with E-state index in [0.717, 1.165) is 18.4 Å². The molecule has 0 saturated heterocycles. The number of hydrogen-bond acceptors (Lipinski definition) is 3. The molecule has 76 valence electrons. The SMILES string of the molecule is CC1CC1CN(C)c1ncc[nH]c1=O. The fourth-order valence-corrected chi connectivity index (χ4v) is 1.71. The molecule has 2 unspecified atom stereocenters. The molecule has 1 N–H and O–H groups in total. The van der Waals surface area contributed by atoms with Crippen LogP contribution in [0.1, 0.15) is 13.3 Å². The lowest BCUT2D eigenvalue weighted by atomic mass is 10.3. The smallest absolute Gasteiger partial charge is 0.290 e. The average Bonchev–Trinajstić information content (AvgIpc) is 2.82. The van der Waals surface area contributed by atoms with Crippen LogP contribution in [-0.2, 0) is 0 Å². The average molecular weight is 193 g/mol. The molecule has 1 fully saturated rings. The lowest BCUT2D eigenvalue weighted by Gasteiger charge is -2.16. The summed E-state index contributed by atoms with van der Waals surface area (Å²) in [5, 5.41) is 0. The van der Waals surface area contributed by atoms with Crippen molar-refractivity contribution in [3.63, 3.8) is 0 Å². The maximum atomic E-state index is 11.4. The number of rotatable bonds is 3. The summed E-state index contributed by atoms with van der Waals surface area (Å²) in [5.74, 6) is 2.06. The normalized spacial score (nSPS) is 24.7.